The molecule has 1 heterocycles. The van der Waals surface area contributed by atoms with Gasteiger partial charge in [-0.3, -0.25) is 0 Å². The maximum atomic E-state index is 5.76. The van der Waals surface area contributed by atoms with Crippen molar-refractivity contribution in [2.24, 2.45) is 0 Å². The molecule has 0 amide bonds. The molecule has 16 heavy (non-hydrogen) atoms. The smallest absolute Gasteiger partial charge is 0.159 e. The standard InChI is InChI=1S/C11H10ClN3S/c12-10-6-9(11(13)15-14-10)16-7-8-4-2-1-3-5-8/h1-6H,7H2,(H2,13,15). The van der Waals surface area contributed by atoms with Crippen LogP contribution in [0.5, 0.6) is 0 Å². The van der Waals surface area contributed by atoms with Crippen molar-refractivity contribution in [1.29, 1.82) is 0 Å². The van der Waals surface area contributed by atoms with E-state index < -0.39 is 0 Å². The van der Waals surface area contributed by atoms with Gasteiger partial charge < -0.3 is 5.73 Å². The SMILES string of the molecule is Nc1nnc(Cl)cc1SCc1ccccc1. The molecule has 0 fully saturated rings. The van der Waals surface area contributed by atoms with Gasteiger partial charge in [-0.05, 0) is 11.6 Å². The van der Waals surface area contributed by atoms with Crippen LogP contribution >= 0.6 is 23.4 Å². The second-order valence-corrected chi connectivity index (χ2v) is 4.60. The Balaban J connectivity index is 2.08. The van der Waals surface area contributed by atoms with Crippen molar-refractivity contribution in [3.05, 3.63) is 47.1 Å². The molecule has 0 bridgehead atoms. The normalized spacial score (nSPS) is 10.3. The van der Waals surface area contributed by atoms with Gasteiger partial charge in [0, 0.05) is 5.75 Å². The van der Waals surface area contributed by atoms with E-state index >= 15 is 0 Å². The van der Waals surface area contributed by atoms with Gasteiger partial charge in [0.25, 0.3) is 0 Å². The van der Waals surface area contributed by atoms with E-state index in [2.05, 4.69) is 22.3 Å². The molecule has 0 spiro atoms. The number of nitrogen functional groups attached to an aromatic ring is 1. The Morgan fingerprint density at radius 1 is 1.19 bits per heavy atom. The van der Waals surface area contributed by atoms with Crippen molar-refractivity contribution in [3.63, 3.8) is 0 Å². The minimum absolute atomic E-state index is 0.366. The molecule has 82 valence electrons. The molecule has 0 aliphatic rings. The van der Waals surface area contributed by atoms with E-state index in [-0.39, 0.29) is 0 Å². The van der Waals surface area contributed by atoms with E-state index in [1.165, 1.54) is 5.56 Å². The van der Waals surface area contributed by atoms with Crippen LogP contribution in [0.2, 0.25) is 5.15 Å². The molecule has 0 atom stereocenters. The Morgan fingerprint density at radius 3 is 2.69 bits per heavy atom. The quantitative estimate of drug-likeness (QED) is 0.852. The number of halogens is 1. The van der Waals surface area contributed by atoms with Crippen molar-refractivity contribution in [1.82, 2.24) is 10.2 Å². The van der Waals surface area contributed by atoms with Crippen LogP contribution in [0.15, 0.2) is 41.3 Å². The van der Waals surface area contributed by atoms with E-state index in [1.807, 2.05) is 18.2 Å². The highest BCUT2D eigenvalue weighted by molar-refractivity contribution is 7.98. The summed E-state index contributed by atoms with van der Waals surface area (Å²) in [4.78, 5) is 0.865. The van der Waals surface area contributed by atoms with Crippen LogP contribution < -0.4 is 5.73 Å². The second-order valence-electron chi connectivity index (χ2n) is 3.19. The van der Waals surface area contributed by atoms with Gasteiger partial charge >= 0.3 is 0 Å². The van der Waals surface area contributed by atoms with Gasteiger partial charge in [0.15, 0.2) is 11.0 Å². The summed E-state index contributed by atoms with van der Waals surface area (Å²) in [7, 11) is 0. The lowest BCUT2D eigenvalue weighted by Gasteiger charge is -2.04. The first-order valence-corrected chi connectivity index (χ1v) is 6.07. The van der Waals surface area contributed by atoms with Crippen molar-refractivity contribution < 1.29 is 0 Å². The number of anilines is 1. The minimum Gasteiger partial charge on any atom is -0.381 e. The molecule has 0 saturated carbocycles. The Bertz CT molecular complexity index is 476. The minimum atomic E-state index is 0.366. The zero-order valence-electron chi connectivity index (χ0n) is 8.43. The molecular weight excluding hydrogens is 242 g/mol. The molecule has 0 radical (unpaired) electrons. The molecule has 3 nitrogen and oxygen atoms in total. The third kappa shape index (κ3) is 2.87. The fourth-order valence-electron chi connectivity index (χ4n) is 1.21. The highest BCUT2D eigenvalue weighted by atomic mass is 35.5. The highest BCUT2D eigenvalue weighted by Crippen LogP contribution is 2.27. The largest absolute Gasteiger partial charge is 0.381 e. The molecule has 1 aromatic carbocycles. The predicted octanol–water partition coefficient (Wildman–Crippen LogP) is 3.00. The third-order valence-electron chi connectivity index (χ3n) is 1.99. The van der Waals surface area contributed by atoms with Gasteiger partial charge in [0.2, 0.25) is 0 Å². The predicted molar refractivity (Wildman–Crippen MR) is 67.5 cm³/mol. The lowest BCUT2D eigenvalue weighted by Crippen LogP contribution is -1.95. The number of aromatic nitrogens is 2. The van der Waals surface area contributed by atoms with Crippen LogP contribution in [0.25, 0.3) is 0 Å². The molecule has 1 aromatic heterocycles. The molecule has 0 aliphatic carbocycles. The Labute approximate surface area is 103 Å². The molecule has 0 saturated heterocycles. The van der Waals surface area contributed by atoms with Crippen LogP contribution in [-0.2, 0) is 5.75 Å². The first kappa shape index (κ1) is 11.2. The molecule has 5 heteroatoms. The van der Waals surface area contributed by atoms with E-state index in [4.69, 9.17) is 17.3 Å². The van der Waals surface area contributed by atoms with E-state index in [1.54, 1.807) is 17.8 Å². The monoisotopic (exact) mass is 251 g/mol. The maximum Gasteiger partial charge on any atom is 0.159 e. The summed E-state index contributed by atoms with van der Waals surface area (Å²) in [6.45, 7) is 0. The van der Waals surface area contributed by atoms with E-state index in [0.29, 0.717) is 11.0 Å². The summed E-state index contributed by atoms with van der Waals surface area (Å²) in [6, 6.07) is 11.9. The maximum absolute atomic E-state index is 5.76. The van der Waals surface area contributed by atoms with Gasteiger partial charge in [-0.15, -0.1) is 22.0 Å². The lowest BCUT2D eigenvalue weighted by molar-refractivity contribution is 1.01. The van der Waals surface area contributed by atoms with E-state index in [0.717, 1.165) is 10.6 Å². The number of hydrogen-bond acceptors (Lipinski definition) is 4. The highest BCUT2D eigenvalue weighted by Gasteiger charge is 2.04. The molecular formula is C11H10ClN3S. The summed E-state index contributed by atoms with van der Waals surface area (Å²) in [6.07, 6.45) is 0. The van der Waals surface area contributed by atoms with Gasteiger partial charge in [-0.25, -0.2) is 0 Å². The summed E-state index contributed by atoms with van der Waals surface area (Å²) in [5.41, 5.74) is 6.94. The van der Waals surface area contributed by atoms with Crippen LogP contribution in [0.4, 0.5) is 5.82 Å². The molecule has 2 aromatic rings. The number of rotatable bonds is 3. The number of hydrogen-bond donors (Lipinski definition) is 1. The second kappa shape index (κ2) is 5.18. The summed E-state index contributed by atoms with van der Waals surface area (Å²) in [5, 5.41) is 7.80. The van der Waals surface area contributed by atoms with Crippen LogP contribution in [0.1, 0.15) is 5.56 Å². The van der Waals surface area contributed by atoms with Crippen LogP contribution in [0, 0.1) is 0 Å². The topological polar surface area (TPSA) is 51.8 Å². The fraction of sp³-hybridized carbons (Fsp3) is 0.0909. The zero-order chi connectivity index (χ0) is 11.4. The Morgan fingerprint density at radius 2 is 1.94 bits per heavy atom. The summed E-state index contributed by atoms with van der Waals surface area (Å²) >= 11 is 7.36. The van der Waals surface area contributed by atoms with Crippen molar-refractivity contribution in [2.75, 3.05) is 5.73 Å². The van der Waals surface area contributed by atoms with Gasteiger partial charge in [0.1, 0.15) is 0 Å². The molecule has 0 aliphatic heterocycles. The molecule has 0 unspecified atom stereocenters. The van der Waals surface area contributed by atoms with Gasteiger partial charge in [-0.1, -0.05) is 41.9 Å². The zero-order valence-corrected chi connectivity index (χ0v) is 10.0. The average molecular weight is 252 g/mol. The van der Waals surface area contributed by atoms with Crippen LogP contribution in [-0.4, -0.2) is 10.2 Å². The van der Waals surface area contributed by atoms with Crippen molar-refractivity contribution in [3.8, 4) is 0 Å². The Hall–Kier alpha value is -1.26. The lowest BCUT2D eigenvalue weighted by atomic mass is 10.2. The number of nitrogens with zero attached hydrogens (tertiary/aromatic N) is 2. The van der Waals surface area contributed by atoms with Gasteiger partial charge in [-0.2, -0.15) is 0 Å². The number of benzene rings is 1. The van der Waals surface area contributed by atoms with Gasteiger partial charge in [0.05, 0.1) is 4.90 Å². The number of nitrogens with two attached hydrogens (primary N) is 1. The Kier molecular flexibility index (Phi) is 3.64. The first-order chi connectivity index (χ1) is 7.75. The molecule has 2 rings (SSSR count). The van der Waals surface area contributed by atoms with Crippen molar-refractivity contribution in [2.45, 2.75) is 10.6 Å². The van der Waals surface area contributed by atoms with Crippen molar-refractivity contribution >= 4 is 29.2 Å². The summed E-state index contributed by atoms with van der Waals surface area (Å²) < 4.78 is 0. The molecule has 2 N–H and O–H groups in total. The first-order valence-electron chi connectivity index (χ1n) is 4.71. The number of thioether (sulfide) groups is 1. The van der Waals surface area contributed by atoms with E-state index in [9.17, 15) is 0 Å². The third-order valence-corrected chi connectivity index (χ3v) is 3.29. The summed E-state index contributed by atoms with van der Waals surface area (Å²) in [5.74, 6) is 1.26. The average Bonchev–Trinajstić information content (AvgIpc) is 2.32. The van der Waals surface area contributed by atoms with Crippen LogP contribution in [0.3, 0.4) is 0 Å². The fourth-order valence-corrected chi connectivity index (χ4v) is 2.32.